The molecular weight excluding hydrogens is 262 g/mol. The zero-order valence-corrected chi connectivity index (χ0v) is 10.5. The minimum absolute atomic E-state index is 0.00222. The van der Waals surface area contributed by atoms with Crippen LogP contribution in [-0.4, -0.2) is 6.04 Å². The summed E-state index contributed by atoms with van der Waals surface area (Å²) in [7, 11) is 0. The smallest absolute Gasteiger partial charge is 0.160 e. The van der Waals surface area contributed by atoms with Gasteiger partial charge >= 0.3 is 0 Å². The Balaban J connectivity index is 2.17. The molecule has 1 aromatic rings. The lowest BCUT2D eigenvalue weighted by molar-refractivity contribution is 0.623. The first-order valence-corrected chi connectivity index (χ1v) is 6.18. The number of benzene rings is 1. The van der Waals surface area contributed by atoms with Crippen LogP contribution < -0.4 is 5.32 Å². The summed E-state index contributed by atoms with van der Waals surface area (Å²) in [5.74, 6) is -0.611. The van der Waals surface area contributed by atoms with Gasteiger partial charge in [-0.15, -0.1) is 0 Å². The second-order valence-corrected chi connectivity index (χ2v) is 4.99. The topological polar surface area (TPSA) is 35.8 Å². The van der Waals surface area contributed by atoms with Crippen molar-refractivity contribution in [1.82, 2.24) is 0 Å². The van der Waals surface area contributed by atoms with Gasteiger partial charge in [0.15, 0.2) is 5.82 Å². The van der Waals surface area contributed by atoms with E-state index in [4.69, 9.17) is 28.5 Å². The van der Waals surface area contributed by atoms with Crippen LogP contribution in [0.15, 0.2) is 12.1 Å². The van der Waals surface area contributed by atoms with E-state index < -0.39 is 5.82 Å². The molecule has 0 heterocycles. The molecule has 0 aromatic heterocycles. The molecule has 1 aromatic carbocycles. The number of nitrogens with zero attached hydrogens (tertiary/aromatic N) is 1. The SMILES string of the molecule is N#CC1CCCC1Nc1cc(Cl)c(F)c(Cl)c1. The number of hydrogen-bond acceptors (Lipinski definition) is 2. The lowest BCUT2D eigenvalue weighted by Crippen LogP contribution is -2.22. The minimum atomic E-state index is -0.609. The van der Waals surface area contributed by atoms with E-state index in [2.05, 4.69) is 11.4 Å². The molecule has 1 aliphatic carbocycles. The average molecular weight is 273 g/mol. The molecule has 2 rings (SSSR count). The second-order valence-electron chi connectivity index (χ2n) is 4.17. The molecule has 2 nitrogen and oxygen atoms in total. The fourth-order valence-corrected chi connectivity index (χ4v) is 2.63. The van der Waals surface area contributed by atoms with Crippen molar-refractivity contribution >= 4 is 28.9 Å². The van der Waals surface area contributed by atoms with E-state index in [9.17, 15) is 4.39 Å². The minimum Gasteiger partial charge on any atom is -0.381 e. The zero-order valence-electron chi connectivity index (χ0n) is 9.01. The Hall–Kier alpha value is -0.980. The fraction of sp³-hybridized carbons (Fsp3) is 0.417. The molecule has 1 fully saturated rings. The van der Waals surface area contributed by atoms with E-state index in [1.807, 2.05) is 0 Å². The van der Waals surface area contributed by atoms with Crippen LogP contribution in [0.4, 0.5) is 10.1 Å². The predicted molar refractivity (Wildman–Crippen MR) is 66.8 cm³/mol. The summed E-state index contributed by atoms with van der Waals surface area (Å²) < 4.78 is 13.2. The first-order valence-electron chi connectivity index (χ1n) is 5.42. The zero-order chi connectivity index (χ0) is 12.4. The van der Waals surface area contributed by atoms with E-state index in [0.717, 1.165) is 19.3 Å². The summed E-state index contributed by atoms with van der Waals surface area (Å²) in [5.41, 5.74) is 0.661. The number of nitrogens with one attached hydrogen (secondary N) is 1. The van der Waals surface area contributed by atoms with Gasteiger partial charge in [0.05, 0.1) is 22.0 Å². The third kappa shape index (κ3) is 2.65. The van der Waals surface area contributed by atoms with Crippen molar-refractivity contribution in [2.45, 2.75) is 25.3 Å². The first-order chi connectivity index (χ1) is 8.11. The van der Waals surface area contributed by atoms with Crippen LogP contribution in [-0.2, 0) is 0 Å². The molecule has 0 saturated heterocycles. The van der Waals surface area contributed by atoms with Crippen molar-refractivity contribution in [3.05, 3.63) is 28.0 Å². The van der Waals surface area contributed by atoms with Crippen LogP contribution in [0.1, 0.15) is 19.3 Å². The third-order valence-electron chi connectivity index (χ3n) is 3.02. The van der Waals surface area contributed by atoms with Crippen molar-refractivity contribution in [3.63, 3.8) is 0 Å². The van der Waals surface area contributed by atoms with Crippen LogP contribution >= 0.6 is 23.2 Å². The molecule has 2 atom stereocenters. The number of nitriles is 1. The van der Waals surface area contributed by atoms with E-state index in [1.165, 1.54) is 12.1 Å². The van der Waals surface area contributed by atoms with Crippen LogP contribution in [0.25, 0.3) is 0 Å². The van der Waals surface area contributed by atoms with Crippen LogP contribution in [0.5, 0.6) is 0 Å². The molecule has 2 unspecified atom stereocenters. The Bertz CT molecular complexity index is 447. The summed E-state index contributed by atoms with van der Waals surface area (Å²) in [4.78, 5) is 0. The van der Waals surface area contributed by atoms with Gasteiger partial charge in [0.2, 0.25) is 0 Å². The molecule has 0 amide bonds. The Morgan fingerprint density at radius 1 is 1.29 bits per heavy atom. The highest BCUT2D eigenvalue weighted by Crippen LogP contribution is 2.31. The summed E-state index contributed by atoms with van der Waals surface area (Å²) in [6.45, 7) is 0. The number of halogens is 3. The average Bonchev–Trinajstić information content (AvgIpc) is 2.73. The highest BCUT2D eigenvalue weighted by molar-refractivity contribution is 6.35. The van der Waals surface area contributed by atoms with E-state index in [-0.39, 0.29) is 22.0 Å². The van der Waals surface area contributed by atoms with Crippen LogP contribution in [0.3, 0.4) is 0 Å². The predicted octanol–water partition coefficient (Wildman–Crippen LogP) is 4.24. The van der Waals surface area contributed by atoms with Gasteiger partial charge in [-0.2, -0.15) is 5.26 Å². The third-order valence-corrected chi connectivity index (χ3v) is 3.57. The standard InChI is InChI=1S/C12H11Cl2FN2/c13-9-4-8(5-10(14)12(9)15)17-11-3-1-2-7(11)6-16/h4-5,7,11,17H,1-3H2. The summed E-state index contributed by atoms with van der Waals surface area (Å²) in [6.07, 6.45) is 2.86. The number of hydrogen-bond donors (Lipinski definition) is 1. The van der Waals surface area contributed by atoms with Crippen molar-refractivity contribution in [2.75, 3.05) is 5.32 Å². The molecule has 5 heteroatoms. The summed E-state index contributed by atoms with van der Waals surface area (Å²) >= 11 is 11.4. The van der Waals surface area contributed by atoms with Gasteiger partial charge in [-0.25, -0.2) is 4.39 Å². The maximum absolute atomic E-state index is 13.2. The number of anilines is 1. The van der Waals surface area contributed by atoms with Gasteiger partial charge in [-0.3, -0.25) is 0 Å². The van der Waals surface area contributed by atoms with Crippen molar-refractivity contribution in [3.8, 4) is 6.07 Å². The molecule has 17 heavy (non-hydrogen) atoms. The molecule has 0 bridgehead atoms. The highest BCUT2D eigenvalue weighted by atomic mass is 35.5. The van der Waals surface area contributed by atoms with E-state index in [0.29, 0.717) is 5.69 Å². The first kappa shape index (κ1) is 12.5. The molecule has 1 aliphatic rings. The summed E-state index contributed by atoms with van der Waals surface area (Å²) in [5, 5.41) is 12.1. The lowest BCUT2D eigenvalue weighted by Gasteiger charge is -2.17. The summed E-state index contributed by atoms with van der Waals surface area (Å²) in [6, 6.07) is 5.36. The molecule has 0 aliphatic heterocycles. The molecule has 0 radical (unpaired) electrons. The van der Waals surface area contributed by atoms with Crippen LogP contribution in [0.2, 0.25) is 10.0 Å². The van der Waals surface area contributed by atoms with Gasteiger partial charge in [-0.05, 0) is 31.4 Å². The van der Waals surface area contributed by atoms with Crippen LogP contribution in [0, 0.1) is 23.1 Å². The highest BCUT2D eigenvalue weighted by Gasteiger charge is 2.27. The van der Waals surface area contributed by atoms with E-state index in [1.54, 1.807) is 0 Å². The van der Waals surface area contributed by atoms with Crippen molar-refractivity contribution < 1.29 is 4.39 Å². The fourth-order valence-electron chi connectivity index (χ4n) is 2.14. The molecule has 1 N–H and O–H groups in total. The van der Waals surface area contributed by atoms with Gasteiger partial charge in [-0.1, -0.05) is 23.2 Å². The van der Waals surface area contributed by atoms with Gasteiger partial charge in [0.25, 0.3) is 0 Å². The Kier molecular flexibility index (Phi) is 3.76. The van der Waals surface area contributed by atoms with Gasteiger partial charge in [0.1, 0.15) is 0 Å². The van der Waals surface area contributed by atoms with Crippen molar-refractivity contribution in [2.24, 2.45) is 5.92 Å². The lowest BCUT2D eigenvalue weighted by atomic mass is 10.1. The number of rotatable bonds is 2. The second kappa shape index (κ2) is 5.12. The largest absolute Gasteiger partial charge is 0.381 e. The Morgan fingerprint density at radius 3 is 2.53 bits per heavy atom. The quantitative estimate of drug-likeness (QED) is 0.818. The van der Waals surface area contributed by atoms with Gasteiger partial charge in [0, 0.05) is 11.7 Å². The molecule has 90 valence electrons. The Labute approximate surface area is 109 Å². The monoisotopic (exact) mass is 272 g/mol. The maximum Gasteiger partial charge on any atom is 0.160 e. The molecular formula is C12H11Cl2FN2. The van der Waals surface area contributed by atoms with Gasteiger partial charge < -0.3 is 5.32 Å². The van der Waals surface area contributed by atoms with Crippen molar-refractivity contribution in [1.29, 1.82) is 5.26 Å². The normalized spacial score (nSPS) is 23.4. The molecule has 0 spiro atoms. The van der Waals surface area contributed by atoms with E-state index >= 15 is 0 Å². The molecule has 1 saturated carbocycles. The maximum atomic E-state index is 13.2. The Morgan fingerprint density at radius 2 is 1.94 bits per heavy atom.